The zero-order valence-electron chi connectivity index (χ0n) is 37.9. The van der Waals surface area contributed by atoms with Crippen molar-refractivity contribution in [2.45, 2.75) is 66.6 Å². The van der Waals surface area contributed by atoms with Gasteiger partial charge in [-0.05, 0) is 108 Å². The van der Waals surface area contributed by atoms with Crippen LogP contribution in [-0.4, -0.2) is 0 Å². The lowest BCUT2D eigenvalue weighted by Gasteiger charge is -2.30. The molecule has 0 bridgehead atoms. The molecular weight excluding hydrogens is 739 g/mol. The van der Waals surface area contributed by atoms with Gasteiger partial charge in [-0.1, -0.05) is 200 Å². The second kappa shape index (κ2) is 32.2. The van der Waals surface area contributed by atoms with Crippen LogP contribution in [0.15, 0.2) is 235 Å². The Morgan fingerprint density at radius 2 is 1.25 bits per heavy atom. The minimum atomic E-state index is 0.00248. The molecule has 0 saturated carbocycles. The number of hydrogen-bond acceptors (Lipinski definition) is 3. The normalized spacial score (nSPS) is 15.9. The van der Waals surface area contributed by atoms with Crippen molar-refractivity contribution < 1.29 is 0 Å². The van der Waals surface area contributed by atoms with Crippen LogP contribution in [0.3, 0.4) is 0 Å². The van der Waals surface area contributed by atoms with E-state index in [0.717, 1.165) is 35.4 Å². The van der Waals surface area contributed by atoms with E-state index >= 15 is 0 Å². The summed E-state index contributed by atoms with van der Waals surface area (Å²) in [4.78, 5) is 2.22. The summed E-state index contributed by atoms with van der Waals surface area (Å²) in [6, 6.07) is 35.2. The van der Waals surface area contributed by atoms with E-state index in [1.165, 1.54) is 33.4 Å². The molecule has 0 amide bonds. The molecule has 0 radical (unpaired) electrons. The number of allylic oxidation sites excluding steroid dienone is 14. The maximum absolute atomic E-state index is 4.26. The topological polar surface area (TPSA) is 27.3 Å². The van der Waals surface area contributed by atoms with Crippen LogP contribution in [0.2, 0.25) is 0 Å². The molecule has 318 valence electrons. The molecule has 0 saturated heterocycles. The fourth-order valence-corrected chi connectivity index (χ4v) is 6.05. The Bertz CT molecular complexity index is 2050. The lowest BCUT2D eigenvalue weighted by atomic mass is 9.94. The highest BCUT2D eigenvalue weighted by atomic mass is 15.2. The van der Waals surface area contributed by atoms with E-state index in [1.54, 1.807) is 36.5 Å². The number of benzene rings is 4. The molecular formula is C58H71N3. The second-order valence-electron chi connectivity index (χ2n) is 12.9. The standard InChI is InChI=1S/C40H35N3.2C4H6.2C3H6.2C2H6/c1-29-10-7-8-27-43(39-16-6-5-15-37(29)39)36-23-21-33(22-24-36)40-41-26-25-38(42-40)35-14-9-13-34(28-35)32-19-17-31(18-20-32)30-11-3-2-4-12-30;2*1-3-4-2;2*1-3-2;2*1-2/h2-3,5-11,13-28,38,40-42H,1,4,12H2;2*3-4H,1-2H2;2*3H,1H2,2H3;2*1-2H3/b10-7-,27-8-;;;;;;. The van der Waals surface area contributed by atoms with Crippen LogP contribution in [0.25, 0.3) is 22.3 Å². The van der Waals surface area contributed by atoms with Gasteiger partial charge in [0, 0.05) is 17.5 Å². The molecule has 0 fully saturated rings. The first-order valence-electron chi connectivity index (χ1n) is 21.3. The number of anilines is 2. The van der Waals surface area contributed by atoms with Gasteiger partial charge in [-0.2, -0.15) is 0 Å². The maximum Gasteiger partial charge on any atom is 0.103 e. The first-order valence-corrected chi connectivity index (χ1v) is 21.3. The summed E-state index contributed by atoms with van der Waals surface area (Å²) in [6.45, 7) is 36.2. The van der Waals surface area contributed by atoms with Gasteiger partial charge in [-0.3, -0.25) is 5.32 Å². The summed E-state index contributed by atoms with van der Waals surface area (Å²) >= 11 is 0. The van der Waals surface area contributed by atoms with Crippen LogP contribution in [0.4, 0.5) is 11.4 Å². The minimum Gasteiger partial charge on any atom is -0.372 e. The van der Waals surface area contributed by atoms with E-state index in [0.29, 0.717) is 0 Å². The van der Waals surface area contributed by atoms with Gasteiger partial charge in [0.05, 0.1) is 11.7 Å². The predicted octanol–water partition coefficient (Wildman–Crippen LogP) is 16.9. The van der Waals surface area contributed by atoms with Crippen molar-refractivity contribution in [2.75, 3.05) is 4.90 Å². The Morgan fingerprint density at radius 1 is 0.639 bits per heavy atom. The molecule has 2 aliphatic heterocycles. The average Bonchev–Trinajstić information content (AvgIpc) is 3.33. The highest BCUT2D eigenvalue weighted by Crippen LogP contribution is 2.35. The largest absolute Gasteiger partial charge is 0.372 e. The van der Waals surface area contributed by atoms with E-state index in [4.69, 9.17) is 0 Å². The SMILES string of the molecule is C=C1/C=C\C=C/N(c2ccc(C3NC=CC(c4cccc(-c5ccc(C6=CC=CCC6)cc5)c4)N3)cc2)c2ccccc21.C=CC.C=CC.C=CC=C.C=CC=C.CC.CC. The van der Waals surface area contributed by atoms with Crippen LogP contribution in [0, 0.1) is 0 Å². The zero-order valence-corrected chi connectivity index (χ0v) is 37.9. The third-order valence-corrected chi connectivity index (χ3v) is 8.74. The van der Waals surface area contributed by atoms with Gasteiger partial charge in [0.25, 0.3) is 0 Å². The molecule has 2 heterocycles. The molecule has 7 rings (SSSR count). The van der Waals surface area contributed by atoms with Gasteiger partial charge in [-0.15, -0.1) is 13.2 Å². The van der Waals surface area contributed by atoms with Crippen LogP contribution in [-0.2, 0) is 0 Å². The summed E-state index contributed by atoms with van der Waals surface area (Å²) in [5.41, 5.74) is 12.0. The maximum atomic E-state index is 4.26. The Kier molecular flexibility index (Phi) is 27.6. The number of para-hydroxylation sites is 1. The van der Waals surface area contributed by atoms with Gasteiger partial charge >= 0.3 is 0 Å². The summed E-state index contributed by atoms with van der Waals surface area (Å²) in [5, 5.41) is 7.30. The zero-order chi connectivity index (χ0) is 45.3. The van der Waals surface area contributed by atoms with Crippen LogP contribution >= 0.6 is 0 Å². The summed E-state index contributed by atoms with van der Waals surface area (Å²) in [5.74, 6) is 0. The Morgan fingerprint density at radius 3 is 1.84 bits per heavy atom. The van der Waals surface area contributed by atoms with Crippen LogP contribution in [0.1, 0.15) is 88.8 Å². The molecule has 2 N–H and O–H groups in total. The first kappa shape index (κ1) is 52.3. The highest BCUT2D eigenvalue weighted by molar-refractivity contribution is 5.85. The molecule has 0 aromatic heterocycles. The van der Waals surface area contributed by atoms with Crippen LogP contribution in [0.5, 0.6) is 0 Å². The van der Waals surface area contributed by atoms with E-state index in [-0.39, 0.29) is 12.2 Å². The van der Waals surface area contributed by atoms with Crippen molar-refractivity contribution in [1.29, 1.82) is 0 Å². The lowest BCUT2D eigenvalue weighted by molar-refractivity contribution is 0.433. The molecule has 3 aliphatic rings. The molecule has 61 heavy (non-hydrogen) atoms. The number of hydrogen-bond donors (Lipinski definition) is 2. The van der Waals surface area contributed by atoms with E-state index < -0.39 is 0 Å². The second-order valence-corrected chi connectivity index (χ2v) is 12.9. The number of nitrogens with zero attached hydrogens (tertiary/aromatic N) is 1. The third-order valence-electron chi connectivity index (χ3n) is 8.74. The lowest BCUT2D eigenvalue weighted by Crippen LogP contribution is -2.37. The monoisotopic (exact) mass is 810 g/mol. The van der Waals surface area contributed by atoms with Gasteiger partial charge in [0.15, 0.2) is 0 Å². The van der Waals surface area contributed by atoms with Crippen molar-refractivity contribution in [3.63, 3.8) is 0 Å². The molecule has 4 aromatic rings. The molecule has 2 atom stereocenters. The van der Waals surface area contributed by atoms with Crippen molar-refractivity contribution in [2.24, 2.45) is 0 Å². The molecule has 3 nitrogen and oxygen atoms in total. The number of rotatable bonds is 7. The van der Waals surface area contributed by atoms with Gasteiger partial charge < -0.3 is 10.2 Å². The van der Waals surface area contributed by atoms with E-state index in [2.05, 4.69) is 208 Å². The highest BCUT2D eigenvalue weighted by Gasteiger charge is 2.21. The van der Waals surface area contributed by atoms with Crippen LogP contribution < -0.4 is 15.5 Å². The van der Waals surface area contributed by atoms with Crippen molar-refractivity contribution >= 4 is 22.5 Å². The minimum absolute atomic E-state index is 0.00248. The van der Waals surface area contributed by atoms with Gasteiger partial charge in [-0.25, -0.2) is 0 Å². The smallest absolute Gasteiger partial charge is 0.103 e. The average molecular weight is 810 g/mol. The quantitative estimate of drug-likeness (QED) is 0.144. The van der Waals surface area contributed by atoms with Gasteiger partial charge in [0.1, 0.15) is 6.17 Å². The molecule has 0 spiro atoms. The van der Waals surface area contributed by atoms with E-state index in [1.807, 2.05) is 47.6 Å². The molecule has 3 heteroatoms. The Labute approximate surface area is 371 Å². The fraction of sp³-hybridized carbons (Fsp3) is 0.172. The third kappa shape index (κ3) is 17.6. The van der Waals surface area contributed by atoms with Crippen molar-refractivity contribution in [1.82, 2.24) is 10.6 Å². The summed E-state index contributed by atoms with van der Waals surface area (Å²) < 4.78 is 0. The Balaban J connectivity index is 0.000000894. The fourth-order valence-electron chi connectivity index (χ4n) is 6.05. The van der Waals surface area contributed by atoms with E-state index in [9.17, 15) is 0 Å². The van der Waals surface area contributed by atoms with Crippen molar-refractivity contribution in [3.05, 3.63) is 257 Å². The van der Waals surface area contributed by atoms with Gasteiger partial charge in [0.2, 0.25) is 0 Å². The molecule has 4 aromatic carbocycles. The summed E-state index contributed by atoms with van der Waals surface area (Å²) in [6.07, 6.45) is 31.5. The van der Waals surface area contributed by atoms with Crippen molar-refractivity contribution in [3.8, 4) is 11.1 Å². The number of fused-ring (bicyclic) bond motifs is 1. The first-order chi connectivity index (χ1) is 29.9. The molecule has 1 aliphatic carbocycles. The molecule has 2 unspecified atom stereocenters. The predicted molar refractivity (Wildman–Crippen MR) is 277 cm³/mol. The Hall–Kier alpha value is -6.68. The number of nitrogens with one attached hydrogen (secondary N) is 2. The summed E-state index contributed by atoms with van der Waals surface area (Å²) in [7, 11) is 0.